The lowest BCUT2D eigenvalue weighted by atomic mass is 10.0. The van der Waals surface area contributed by atoms with Crippen LogP contribution in [0, 0.1) is 5.92 Å². The molecule has 1 N–H and O–H groups in total. The molecule has 1 aliphatic rings. The predicted molar refractivity (Wildman–Crippen MR) is 96.6 cm³/mol. The third-order valence-corrected chi connectivity index (χ3v) is 4.51. The maximum atomic E-state index is 10.2. The largest absolute Gasteiger partial charge is 0.493 e. The van der Waals surface area contributed by atoms with Crippen LogP contribution in [0.2, 0.25) is 0 Å². The number of hydrogen-bond donors (Lipinski definition) is 1. The highest BCUT2D eigenvalue weighted by atomic mass is 16.5. The molecule has 0 spiro atoms. The van der Waals surface area contributed by atoms with Gasteiger partial charge in [-0.15, -0.1) is 0 Å². The van der Waals surface area contributed by atoms with Gasteiger partial charge in [0.05, 0.1) is 40.6 Å². The standard InChI is InChI=1S/C19H31NO5/c1-14-6-5-7-20(10-14)11-16(21)13-25-12-15-8-17(22-2)19(24-4)18(9-15)23-3/h8-9,14,16,21H,5-7,10-13H2,1-4H3. The molecule has 0 aliphatic carbocycles. The van der Waals surface area contributed by atoms with Crippen LogP contribution in [-0.2, 0) is 11.3 Å². The monoisotopic (exact) mass is 353 g/mol. The molecule has 6 nitrogen and oxygen atoms in total. The summed E-state index contributed by atoms with van der Waals surface area (Å²) in [5, 5.41) is 10.2. The second-order valence-corrected chi connectivity index (χ2v) is 6.71. The number of β-amino-alcohol motifs (C(OH)–C–C–N with tert-alkyl or cyclic N) is 1. The Morgan fingerprint density at radius 1 is 1.16 bits per heavy atom. The van der Waals surface area contributed by atoms with Crippen LogP contribution < -0.4 is 14.2 Å². The van der Waals surface area contributed by atoms with Gasteiger partial charge in [0.2, 0.25) is 5.75 Å². The van der Waals surface area contributed by atoms with Gasteiger partial charge >= 0.3 is 0 Å². The van der Waals surface area contributed by atoms with Crippen LogP contribution >= 0.6 is 0 Å². The third kappa shape index (κ3) is 5.76. The summed E-state index contributed by atoms with van der Waals surface area (Å²) in [4.78, 5) is 2.32. The molecular formula is C19H31NO5. The summed E-state index contributed by atoms with van der Waals surface area (Å²) in [6.07, 6.45) is 2.01. The maximum absolute atomic E-state index is 10.2. The van der Waals surface area contributed by atoms with Crippen molar-refractivity contribution in [3.05, 3.63) is 17.7 Å². The van der Waals surface area contributed by atoms with E-state index in [1.165, 1.54) is 12.8 Å². The SMILES string of the molecule is COc1cc(COCC(O)CN2CCCC(C)C2)cc(OC)c1OC. The molecule has 1 aliphatic heterocycles. The Morgan fingerprint density at radius 2 is 1.84 bits per heavy atom. The zero-order chi connectivity index (χ0) is 18.2. The van der Waals surface area contributed by atoms with Crippen LogP contribution in [0.15, 0.2) is 12.1 Å². The molecule has 2 atom stereocenters. The summed E-state index contributed by atoms with van der Waals surface area (Å²) < 4.78 is 21.7. The quantitative estimate of drug-likeness (QED) is 0.735. The van der Waals surface area contributed by atoms with E-state index >= 15 is 0 Å². The Labute approximate surface area is 150 Å². The molecule has 0 bridgehead atoms. The van der Waals surface area contributed by atoms with Gasteiger partial charge in [-0.05, 0) is 43.0 Å². The van der Waals surface area contributed by atoms with E-state index in [2.05, 4.69) is 11.8 Å². The summed E-state index contributed by atoms with van der Waals surface area (Å²) in [6, 6.07) is 3.72. The van der Waals surface area contributed by atoms with Crippen molar-refractivity contribution in [1.82, 2.24) is 4.90 Å². The maximum Gasteiger partial charge on any atom is 0.203 e. The molecule has 25 heavy (non-hydrogen) atoms. The lowest BCUT2D eigenvalue weighted by Gasteiger charge is -2.32. The molecule has 6 heteroatoms. The van der Waals surface area contributed by atoms with Crippen LogP contribution in [0.1, 0.15) is 25.3 Å². The number of likely N-dealkylation sites (tertiary alicyclic amines) is 1. The van der Waals surface area contributed by atoms with E-state index in [1.807, 2.05) is 12.1 Å². The average Bonchev–Trinajstić information content (AvgIpc) is 2.60. The van der Waals surface area contributed by atoms with Crippen molar-refractivity contribution >= 4 is 0 Å². The Kier molecular flexibility index (Phi) is 7.81. The molecule has 0 amide bonds. The fourth-order valence-electron chi connectivity index (χ4n) is 3.33. The molecule has 1 saturated heterocycles. The van der Waals surface area contributed by atoms with Crippen LogP contribution in [-0.4, -0.2) is 63.7 Å². The van der Waals surface area contributed by atoms with E-state index in [4.69, 9.17) is 18.9 Å². The first kappa shape index (κ1) is 19.8. The Hall–Kier alpha value is -1.50. The van der Waals surface area contributed by atoms with E-state index in [1.54, 1.807) is 21.3 Å². The van der Waals surface area contributed by atoms with Crippen LogP contribution in [0.4, 0.5) is 0 Å². The van der Waals surface area contributed by atoms with E-state index in [9.17, 15) is 5.11 Å². The van der Waals surface area contributed by atoms with Crippen LogP contribution in [0.25, 0.3) is 0 Å². The number of benzene rings is 1. The van der Waals surface area contributed by atoms with E-state index in [0.717, 1.165) is 18.7 Å². The molecule has 1 heterocycles. The van der Waals surface area contributed by atoms with Gasteiger partial charge in [-0.25, -0.2) is 0 Å². The number of nitrogens with zero attached hydrogens (tertiary/aromatic N) is 1. The average molecular weight is 353 g/mol. The van der Waals surface area contributed by atoms with Crippen molar-refractivity contribution in [3.63, 3.8) is 0 Å². The Bertz CT molecular complexity index is 512. The fourth-order valence-corrected chi connectivity index (χ4v) is 3.33. The van der Waals surface area contributed by atoms with Crippen molar-refractivity contribution in [2.24, 2.45) is 5.92 Å². The minimum absolute atomic E-state index is 0.307. The molecule has 2 unspecified atom stereocenters. The summed E-state index contributed by atoms with van der Waals surface area (Å²) in [5.74, 6) is 2.47. The fraction of sp³-hybridized carbons (Fsp3) is 0.684. The highest BCUT2D eigenvalue weighted by Crippen LogP contribution is 2.38. The summed E-state index contributed by atoms with van der Waals surface area (Å²) in [6.45, 7) is 5.74. The lowest BCUT2D eigenvalue weighted by molar-refractivity contribution is 0.00369. The second-order valence-electron chi connectivity index (χ2n) is 6.71. The molecular weight excluding hydrogens is 322 g/mol. The number of hydrogen-bond acceptors (Lipinski definition) is 6. The van der Waals surface area contributed by atoms with Gasteiger partial charge in [-0.3, -0.25) is 0 Å². The van der Waals surface area contributed by atoms with Gasteiger partial charge in [0.25, 0.3) is 0 Å². The molecule has 1 aromatic rings. The third-order valence-electron chi connectivity index (χ3n) is 4.51. The molecule has 1 aromatic carbocycles. The van der Waals surface area contributed by atoms with Crippen molar-refractivity contribution in [1.29, 1.82) is 0 Å². The molecule has 0 aromatic heterocycles. The lowest BCUT2D eigenvalue weighted by Crippen LogP contribution is -2.40. The number of rotatable bonds is 9. The summed E-state index contributed by atoms with van der Waals surface area (Å²) in [5.41, 5.74) is 0.910. The Balaban J connectivity index is 1.84. The van der Waals surface area contributed by atoms with Gasteiger partial charge < -0.3 is 29.0 Å². The van der Waals surface area contributed by atoms with Gasteiger partial charge in [-0.1, -0.05) is 6.92 Å². The van der Waals surface area contributed by atoms with E-state index < -0.39 is 6.10 Å². The topological polar surface area (TPSA) is 60.4 Å². The highest BCUT2D eigenvalue weighted by molar-refractivity contribution is 5.53. The number of piperidine rings is 1. The normalized spacial score (nSPS) is 19.5. The zero-order valence-electron chi connectivity index (χ0n) is 15.8. The number of ether oxygens (including phenoxy) is 4. The molecule has 2 rings (SSSR count). The first-order chi connectivity index (χ1) is 12.1. The minimum Gasteiger partial charge on any atom is -0.493 e. The predicted octanol–water partition coefficient (Wildman–Crippen LogP) is 2.32. The second kappa shape index (κ2) is 9.85. The van der Waals surface area contributed by atoms with E-state index in [0.29, 0.717) is 42.9 Å². The van der Waals surface area contributed by atoms with E-state index in [-0.39, 0.29) is 0 Å². The van der Waals surface area contributed by atoms with Crippen molar-refractivity contribution in [3.8, 4) is 17.2 Å². The smallest absolute Gasteiger partial charge is 0.203 e. The molecule has 0 saturated carbocycles. The minimum atomic E-state index is -0.479. The van der Waals surface area contributed by atoms with Gasteiger partial charge in [0, 0.05) is 13.1 Å². The van der Waals surface area contributed by atoms with Crippen LogP contribution in [0.3, 0.4) is 0 Å². The highest BCUT2D eigenvalue weighted by Gasteiger charge is 2.19. The summed E-state index contributed by atoms with van der Waals surface area (Å²) >= 11 is 0. The Morgan fingerprint density at radius 3 is 2.40 bits per heavy atom. The molecule has 0 radical (unpaired) electrons. The molecule has 1 fully saturated rings. The number of aliphatic hydroxyl groups excluding tert-OH is 1. The van der Waals surface area contributed by atoms with Crippen molar-refractivity contribution < 1.29 is 24.1 Å². The van der Waals surface area contributed by atoms with Crippen molar-refractivity contribution in [2.75, 3.05) is 47.6 Å². The number of methoxy groups -OCH3 is 3. The molecule has 142 valence electrons. The summed E-state index contributed by atoms with van der Waals surface area (Å²) in [7, 11) is 4.75. The number of aliphatic hydroxyl groups is 1. The van der Waals surface area contributed by atoms with Gasteiger partial charge in [0.1, 0.15) is 0 Å². The first-order valence-electron chi connectivity index (χ1n) is 8.84. The first-order valence-corrected chi connectivity index (χ1v) is 8.84. The van der Waals surface area contributed by atoms with Gasteiger partial charge in [0.15, 0.2) is 11.5 Å². The van der Waals surface area contributed by atoms with Crippen molar-refractivity contribution in [2.45, 2.75) is 32.5 Å². The zero-order valence-corrected chi connectivity index (χ0v) is 15.8. The van der Waals surface area contributed by atoms with Gasteiger partial charge in [-0.2, -0.15) is 0 Å². The van der Waals surface area contributed by atoms with Crippen LogP contribution in [0.5, 0.6) is 17.2 Å².